The quantitative estimate of drug-likeness (QED) is 0.0149. The first-order chi connectivity index (χ1) is 44.3. The molecular formula is C61H88N14O16S2. The molecule has 4 aromatic rings. The number of carbonyl (C=O) groups excluding carboxylic acids is 10. The minimum Gasteiger partial charge on any atom is -0.508 e. The van der Waals surface area contributed by atoms with Crippen LogP contribution < -0.4 is 65.5 Å². The van der Waals surface area contributed by atoms with Gasteiger partial charge in [0.05, 0.1) is 31.1 Å². The molecular weight excluding hydrogens is 1250 g/mol. The van der Waals surface area contributed by atoms with E-state index in [1.807, 2.05) is 18.2 Å². The van der Waals surface area contributed by atoms with Gasteiger partial charge in [-0.2, -0.15) is 24.4 Å². The SMILES string of the molecule is C[C@@H](O)[C@H](NC(=O)[C@H](CCCCN)NC(=O)[C@@H](Cc1c[nH]c2ccccc12)NC(=O)[C@@H](N)Cc1ccc(O)cc1)C(=O)N(C)[C@@H](Cc1ccccc1)C(=O)N[C@@H](CCSCC(=O)N[C@@H](CO)C(=O)N[C@@H](CO)C(=O)N[C@@H](CS)C(=O)N[C@@H](CCCCN)C(N)=O)C(=O)O. The average molecular weight is 1340 g/mol. The van der Waals surface area contributed by atoms with Crippen LogP contribution in [0.15, 0.2) is 85.1 Å². The number of para-hydroxylation sites is 1. The molecule has 10 amide bonds. The fraction of sp³-hybridized carbons (Fsp3) is 0.492. The number of H-pyrrole nitrogens is 1. The number of benzene rings is 3. The number of aliphatic carboxylic acids is 1. The summed E-state index contributed by atoms with van der Waals surface area (Å²) in [6, 6.07) is 7.21. The molecule has 3 aromatic carbocycles. The van der Waals surface area contributed by atoms with Crippen LogP contribution in [0.5, 0.6) is 5.75 Å². The third kappa shape index (κ3) is 25.2. The Labute approximate surface area is 547 Å². The standard InChI is InChI=1S/C61H88N14O16S2/c1-34(78)51(74-54(83)43(17-9-11-24-63)69-55(84)45(28-37-29-66-41-15-7-6-14-39(37)41)71-53(82)40(64)26-36-18-20-38(79)21-19-36)60(89)75(2)49(27-35-12-4-3-5-13-35)59(88)70-44(61(90)91)22-25-93-33-50(80)67-46(30-76)56(85)72-47(31-77)57(86)73-48(32-92)58(87)68-42(52(65)81)16-8-10-23-62/h3-7,12-15,18-21,29,34,40,42-49,51,66,76-79,92H,8-11,16-17,22-28,30-33,62-64H2,1-2H3,(H2,65,81)(H,67,80)(H,68,87)(H,69,84)(H,70,88)(H,71,82)(H,72,85)(H,73,86)(H,74,83)(H,90,91)/t34-,40+,42+,43+,44+,45-,46+,47+,48+,49+,51+/m1/s1. The predicted octanol–water partition coefficient (Wildman–Crippen LogP) is -3.82. The zero-order valence-corrected chi connectivity index (χ0v) is 53.5. The van der Waals surface area contributed by atoms with Gasteiger partial charge in [0, 0.05) is 42.7 Å². The summed E-state index contributed by atoms with van der Waals surface area (Å²) in [7, 11) is 1.22. The first-order valence-corrected chi connectivity index (χ1v) is 32.0. The number of thioether (sulfide) groups is 1. The van der Waals surface area contributed by atoms with Crippen molar-refractivity contribution in [2.45, 2.75) is 138 Å². The summed E-state index contributed by atoms with van der Waals surface area (Å²) >= 11 is 4.96. The van der Waals surface area contributed by atoms with Crippen molar-refractivity contribution in [2.24, 2.45) is 22.9 Å². The molecule has 0 saturated carbocycles. The number of carboxylic acids is 1. The third-order valence-corrected chi connectivity index (χ3v) is 16.3. The summed E-state index contributed by atoms with van der Waals surface area (Å²) in [5.74, 6) is -11.3. The molecule has 4 rings (SSSR count). The van der Waals surface area contributed by atoms with E-state index < -0.39 is 151 Å². The Morgan fingerprint density at radius 1 is 0.591 bits per heavy atom. The van der Waals surface area contributed by atoms with Crippen LogP contribution in [-0.2, 0) is 72.0 Å². The fourth-order valence-electron chi connectivity index (χ4n) is 9.58. The predicted molar refractivity (Wildman–Crippen MR) is 348 cm³/mol. The maximum absolute atomic E-state index is 14.6. The summed E-state index contributed by atoms with van der Waals surface area (Å²) in [4.78, 5) is 152. The average Bonchev–Trinajstić information content (AvgIpc) is 1.90. The number of carboxylic acid groups (broad SMARTS) is 1. The zero-order chi connectivity index (χ0) is 68.7. The van der Waals surface area contributed by atoms with Crippen LogP contribution in [0.3, 0.4) is 0 Å². The molecule has 0 bridgehead atoms. The van der Waals surface area contributed by atoms with Crippen molar-refractivity contribution < 1.29 is 78.3 Å². The van der Waals surface area contributed by atoms with E-state index in [1.165, 1.54) is 26.1 Å². The van der Waals surface area contributed by atoms with E-state index in [0.29, 0.717) is 48.9 Å². The lowest BCUT2D eigenvalue weighted by Gasteiger charge is -2.33. The number of thiol groups is 1. The number of hydrogen-bond donors (Lipinski definition) is 19. The molecule has 0 spiro atoms. The first-order valence-electron chi connectivity index (χ1n) is 30.2. The third-order valence-electron chi connectivity index (χ3n) is 14.9. The summed E-state index contributed by atoms with van der Waals surface area (Å²) in [5, 5.41) is 71.6. The van der Waals surface area contributed by atoms with Gasteiger partial charge >= 0.3 is 5.97 Å². The molecule has 0 aliphatic heterocycles. The van der Waals surface area contributed by atoms with Crippen molar-refractivity contribution in [1.29, 1.82) is 0 Å². The van der Waals surface area contributed by atoms with Gasteiger partial charge in [-0.3, -0.25) is 47.9 Å². The molecule has 93 heavy (non-hydrogen) atoms. The topological polar surface area (TPSA) is 508 Å². The number of phenols is 1. The molecule has 22 N–H and O–H groups in total. The Balaban J connectivity index is 1.44. The number of phenolic OH excluding ortho intramolecular Hbond substituents is 1. The van der Waals surface area contributed by atoms with Crippen molar-refractivity contribution in [2.75, 3.05) is 50.6 Å². The second-order valence-corrected chi connectivity index (χ2v) is 23.6. The van der Waals surface area contributed by atoms with Crippen molar-refractivity contribution in [3.63, 3.8) is 0 Å². The Kier molecular flexibility index (Phi) is 33.1. The number of rotatable bonds is 42. The molecule has 0 saturated heterocycles. The van der Waals surface area contributed by atoms with E-state index in [-0.39, 0.29) is 62.3 Å². The number of nitrogens with one attached hydrogen (secondary N) is 9. The molecule has 510 valence electrons. The molecule has 0 aliphatic rings. The molecule has 32 heteroatoms. The summed E-state index contributed by atoms with van der Waals surface area (Å²) < 4.78 is 0. The smallest absolute Gasteiger partial charge is 0.326 e. The number of hydrogen-bond acceptors (Lipinski definition) is 20. The van der Waals surface area contributed by atoms with Gasteiger partial charge in [0.2, 0.25) is 59.1 Å². The summed E-state index contributed by atoms with van der Waals surface area (Å²) in [5.41, 5.74) is 25.6. The molecule has 11 atom stereocenters. The summed E-state index contributed by atoms with van der Waals surface area (Å²) in [6.07, 6.45) is 1.45. The second kappa shape index (κ2) is 39.9. The minimum absolute atomic E-state index is 0.0131. The van der Waals surface area contributed by atoms with Crippen LogP contribution >= 0.6 is 24.4 Å². The van der Waals surface area contributed by atoms with E-state index >= 15 is 0 Å². The van der Waals surface area contributed by atoms with Crippen molar-refractivity contribution in [1.82, 2.24) is 52.4 Å². The number of amides is 10. The van der Waals surface area contributed by atoms with Crippen LogP contribution in [0.1, 0.15) is 68.6 Å². The number of primary amides is 1. The monoisotopic (exact) mass is 1340 g/mol. The van der Waals surface area contributed by atoms with Gasteiger partial charge in [0.15, 0.2) is 0 Å². The Hall–Kier alpha value is -8.37. The Morgan fingerprint density at radius 3 is 1.70 bits per heavy atom. The van der Waals surface area contributed by atoms with E-state index in [1.54, 1.807) is 54.7 Å². The Bertz CT molecular complexity index is 3130. The van der Waals surface area contributed by atoms with Crippen LogP contribution in [0, 0.1) is 0 Å². The molecule has 30 nitrogen and oxygen atoms in total. The summed E-state index contributed by atoms with van der Waals surface area (Å²) in [6.45, 7) is -0.190. The lowest BCUT2D eigenvalue weighted by Crippen LogP contribution is -2.62. The highest BCUT2D eigenvalue weighted by Gasteiger charge is 2.38. The largest absolute Gasteiger partial charge is 0.508 e. The molecule has 0 unspecified atom stereocenters. The van der Waals surface area contributed by atoms with Gasteiger partial charge < -0.3 is 101 Å². The van der Waals surface area contributed by atoms with Crippen LogP contribution in [0.4, 0.5) is 0 Å². The van der Waals surface area contributed by atoms with Gasteiger partial charge in [0.25, 0.3) is 0 Å². The highest BCUT2D eigenvalue weighted by molar-refractivity contribution is 7.99. The number of aromatic amines is 1. The van der Waals surface area contributed by atoms with Crippen molar-refractivity contribution >= 4 is 100 Å². The fourth-order valence-corrected chi connectivity index (χ4v) is 10.7. The van der Waals surface area contributed by atoms with Gasteiger partial charge in [-0.25, -0.2) is 4.79 Å². The van der Waals surface area contributed by atoms with Crippen LogP contribution in [0.2, 0.25) is 0 Å². The first kappa shape index (κ1) is 77.1. The maximum atomic E-state index is 14.6. The minimum atomic E-state index is -1.76. The van der Waals surface area contributed by atoms with Gasteiger partial charge in [-0.05, 0) is 112 Å². The highest BCUT2D eigenvalue weighted by Crippen LogP contribution is 2.21. The number of nitrogens with two attached hydrogens (primary N) is 4. The van der Waals surface area contributed by atoms with Crippen LogP contribution in [0.25, 0.3) is 10.9 Å². The van der Waals surface area contributed by atoms with Gasteiger partial charge in [-0.15, -0.1) is 0 Å². The van der Waals surface area contributed by atoms with Crippen LogP contribution in [-0.4, -0.2) is 218 Å². The number of fused-ring (bicyclic) bond motifs is 1. The number of likely N-dealkylation sites (N-methyl/N-ethyl adjacent to an activating group) is 1. The van der Waals surface area contributed by atoms with Crippen molar-refractivity contribution in [3.05, 3.63) is 102 Å². The van der Waals surface area contributed by atoms with Gasteiger partial charge in [-0.1, -0.05) is 60.7 Å². The number of aromatic hydroxyl groups is 1. The van der Waals surface area contributed by atoms with E-state index in [0.717, 1.165) is 27.6 Å². The molecule has 0 radical (unpaired) electrons. The number of aliphatic hydroxyl groups is 3. The normalized spacial score (nSPS) is 14.8. The van der Waals surface area contributed by atoms with E-state index in [9.17, 15) is 78.3 Å². The maximum Gasteiger partial charge on any atom is 0.326 e. The molecule has 0 aliphatic carbocycles. The lowest BCUT2D eigenvalue weighted by molar-refractivity contribution is -0.146. The number of aliphatic hydroxyl groups excluding tert-OH is 3. The number of unbranched alkanes of at least 4 members (excludes halogenated alkanes) is 2. The van der Waals surface area contributed by atoms with E-state index in [2.05, 4.69) is 60.1 Å². The highest BCUT2D eigenvalue weighted by atomic mass is 32.2. The van der Waals surface area contributed by atoms with Crippen molar-refractivity contribution in [3.8, 4) is 5.75 Å². The molecule has 0 fully saturated rings. The number of nitrogens with zero attached hydrogens (tertiary/aromatic N) is 1. The number of aromatic nitrogens is 1. The van der Waals surface area contributed by atoms with Gasteiger partial charge in [0.1, 0.15) is 60.1 Å². The second-order valence-electron chi connectivity index (χ2n) is 22.1. The molecule has 1 heterocycles. The molecule has 1 aromatic heterocycles. The zero-order valence-electron chi connectivity index (χ0n) is 51.8. The number of carbonyl (C=O) groups is 11. The van der Waals surface area contributed by atoms with E-state index in [4.69, 9.17) is 22.9 Å². The lowest BCUT2D eigenvalue weighted by atomic mass is 10.0. The Morgan fingerprint density at radius 2 is 1.11 bits per heavy atom.